The highest BCUT2D eigenvalue weighted by molar-refractivity contribution is 5.99. The SMILES string of the molecule is C#CCCOC(=O)C1=C(C)NC(C)=C(C(=O)OC)C1c1cccc([N+](=O)[O-])c1. The molecule has 0 aliphatic carbocycles. The topological polar surface area (TPSA) is 108 Å². The van der Waals surface area contributed by atoms with Crippen LogP contribution < -0.4 is 5.32 Å². The largest absolute Gasteiger partial charge is 0.466 e. The number of nitrogens with one attached hydrogen (secondary N) is 1. The molecule has 1 heterocycles. The minimum atomic E-state index is -0.882. The van der Waals surface area contributed by atoms with Gasteiger partial charge in [0.15, 0.2) is 0 Å². The molecule has 0 saturated heterocycles. The summed E-state index contributed by atoms with van der Waals surface area (Å²) in [4.78, 5) is 35.9. The summed E-state index contributed by atoms with van der Waals surface area (Å²) >= 11 is 0. The van der Waals surface area contributed by atoms with Gasteiger partial charge < -0.3 is 14.8 Å². The van der Waals surface area contributed by atoms with Crippen LogP contribution in [0.15, 0.2) is 46.8 Å². The van der Waals surface area contributed by atoms with E-state index in [2.05, 4.69) is 11.2 Å². The van der Waals surface area contributed by atoms with Crippen molar-refractivity contribution in [3.8, 4) is 12.3 Å². The first-order valence-corrected chi connectivity index (χ1v) is 8.43. The Bertz CT molecular complexity index is 923. The van der Waals surface area contributed by atoms with Crippen molar-refractivity contribution in [3.05, 3.63) is 62.5 Å². The molecule has 1 atom stereocenters. The quantitative estimate of drug-likeness (QED) is 0.264. The van der Waals surface area contributed by atoms with Crippen LogP contribution in [0.1, 0.15) is 31.7 Å². The van der Waals surface area contributed by atoms with Crippen molar-refractivity contribution in [2.24, 2.45) is 0 Å². The van der Waals surface area contributed by atoms with Crippen LogP contribution in [0.2, 0.25) is 0 Å². The van der Waals surface area contributed by atoms with Gasteiger partial charge in [0.2, 0.25) is 0 Å². The van der Waals surface area contributed by atoms with Gasteiger partial charge >= 0.3 is 11.9 Å². The van der Waals surface area contributed by atoms with Gasteiger partial charge in [0.1, 0.15) is 6.61 Å². The van der Waals surface area contributed by atoms with E-state index in [1.807, 2.05) is 0 Å². The van der Waals surface area contributed by atoms with Crippen molar-refractivity contribution in [2.75, 3.05) is 13.7 Å². The lowest BCUT2D eigenvalue weighted by atomic mass is 9.80. The number of rotatable bonds is 6. The molecule has 1 aromatic rings. The molecular weight excluding hydrogens is 364 g/mol. The smallest absolute Gasteiger partial charge is 0.336 e. The summed E-state index contributed by atoms with van der Waals surface area (Å²) in [5, 5.41) is 14.2. The molecular formula is C20H20N2O6. The number of carbonyl (C=O) groups excluding carboxylic acids is 2. The summed E-state index contributed by atoms with van der Waals surface area (Å²) in [6.07, 6.45) is 5.43. The van der Waals surface area contributed by atoms with Crippen molar-refractivity contribution < 1.29 is 24.0 Å². The number of benzene rings is 1. The Morgan fingerprint density at radius 2 is 1.89 bits per heavy atom. The third-order valence-electron chi connectivity index (χ3n) is 4.28. The molecule has 0 radical (unpaired) electrons. The van der Waals surface area contributed by atoms with Gasteiger partial charge in [0, 0.05) is 29.9 Å². The molecule has 28 heavy (non-hydrogen) atoms. The monoisotopic (exact) mass is 384 g/mol. The van der Waals surface area contributed by atoms with E-state index in [9.17, 15) is 19.7 Å². The maximum absolute atomic E-state index is 12.8. The van der Waals surface area contributed by atoms with Crippen LogP contribution in [0, 0.1) is 22.5 Å². The van der Waals surface area contributed by atoms with E-state index >= 15 is 0 Å². The maximum atomic E-state index is 12.8. The van der Waals surface area contributed by atoms with Gasteiger partial charge in [-0.15, -0.1) is 12.3 Å². The van der Waals surface area contributed by atoms with Crippen LogP contribution in [0.5, 0.6) is 0 Å². The highest BCUT2D eigenvalue weighted by Gasteiger charge is 2.38. The average Bonchev–Trinajstić information content (AvgIpc) is 2.67. The molecule has 1 aromatic carbocycles. The van der Waals surface area contributed by atoms with Crippen LogP contribution in [0.25, 0.3) is 0 Å². The van der Waals surface area contributed by atoms with Gasteiger partial charge in [0.05, 0.1) is 29.1 Å². The van der Waals surface area contributed by atoms with Crippen molar-refractivity contribution in [1.82, 2.24) is 5.32 Å². The van der Waals surface area contributed by atoms with Crippen LogP contribution in [0.3, 0.4) is 0 Å². The number of nitro benzene ring substituents is 1. The highest BCUT2D eigenvalue weighted by atomic mass is 16.6. The van der Waals surface area contributed by atoms with E-state index < -0.39 is 22.8 Å². The summed E-state index contributed by atoms with van der Waals surface area (Å²) in [6, 6.07) is 5.77. The number of dihydropyridines is 1. The first kappa shape index (κ1) is 20.7. The lowest BCUT2D eigenvalue weighted by Crippen LogP contribution is -2.32. The second-order valence-electron chi connectivity index (χ2n) is 6.07. The Morgan fingerprint density at radius 3 is 2.46 bits per heavy atom. The third-order valence-corrected chi connectivity index (χ3v) is 4.28. The predicted octanol–water partition coefficient (Wildman–Crippen LogP) is 2.57. The number of methoxy groups -OCH3 is 1. The molecule has 0 fully saturated rings. The molecule has 1 aliphatic rings. The van der Waals surface area contributed by atoms with Crippen LogP contribution >= 0.6 is 0 Å². The van der Waals surface area contributed by atoms with E-state index in [0.717, 1.165) is 0 Å². The molecule has 8 heteroatoms. The molecule has 0 saturated carbocycles. The Labute approximate surface area is 162 Å². The molecule has 0 spiro atoms. The standard InChI is InChI=1S/C20H20N2O6/c1-5-6-10-28-20(24)17-13(3)21-12(2)16(19(23)27-4)18(17)14-8-7-9-15(11-14)22(25)26/h1,7-9,11,18,21H,6,10H2,2-4H3. The Hall–Kier alpha value is -3.60. The van der Waals surface area contributed by atoms with Gasteiger partial charge in [-0.1, -0.05) is 12.1 Å². The van der Waals surface area contributed by atoms with E-state index in [1.54, 1.807) is 19.9 Å². The molecule has 1 N–H and O–H groups in total. The molecule has 1 aliphatic heterocycles. The molecule has 0 aromatic heterocycles. The predicted molar refractivity (Wildman–Crippen MR) is 101 cm³/mol. The number of allylic oxidation sites excluding steroid dienone is 2. The van der Waals surface area contributed by atoms with Crippen molar-refractivity contribution in [1.29, 1.82) is 0 Å². The van der Waals surface area contributed by atoms with Gasteiger partial charge in [0.25, 0.3) is 5.69 Å². The highest BCUT2D eigenvalue weighted by Crippen LogP contribution is 2.40. The Kier molecular flexibility index (Phi) is 6.55. The number of nitrogens with zero attached hydrogens (tertiary/aromatic N) is 1. The van der Waals surface area contributed by atoms with Crippen LogP contribution in [-0.4, -0.2) is 30.6 Å². The number of nitro groups is 1. The number of terminal acetylenes is 1. The minimum absolute atomic E-state index is 0.0179. The zero-order chi connectivity index (χ0) is 20.8. The molecule has 0 amide bonds. The van der Waals surface area contributed by atoms with Gasteiger partial charge in [-0.05, 0) is 19.4 Å². The Balaban J connectivity index is 2.61. The Morgan fingerprint density at radius 1 is 1.25 bits per heavy atom. The van der Waals surface area contributed by atoms with E-state index in [0.29, 0.717) is 17.0 Å². The summed E-state index contributed by atoms with van der Waals surface area (Å²) in [7, 11) is 1.23. The number of ether oxygens (including phenoxy) is 2. The molecule has 1 unspecified atom stereocenters. The zero-order valence-corrected chi connectivity index (χ0v) is 15.8. The fourth-order valence-electron chi connectivity index (χ4n) is 3.08. The minimum Gasteiger partial charge on any atom is -0.466 e. The summed E-state index contributed by atoms with van der Waals surface area (Å²) in [5.41, 5.74) is 1.56. The van der Waals surface area contributed by atoms with Crippen LogP contribution in [0.4, 0.5) is 5.69 Å². The van der Waals surface area contributed by atoms with Gasteiger partial charge in [-0.3, -0.25) is 10.1 Å². The second-order valence-corrected chi connectivity index (χ2v) is 6.07. The third kappa shape index (κ3) is 4.20. The first-order valence-electron chi connectivity index (χ1n) is 8.43. The number of hydrogen-bond acceptors (Lipinski definition) is 7. The number of carbonyl (C=O) groups is 2. The molecule has 2 rings (SSSR count). The van der Waals surface area contributed by atoms with E-state index in [-0.39, 0.29) is 29.9 Å². The summed E-state index contributed by atoms with van der Waals surface area (Å²) in [6.45, 7) is 3.35. The van der Waals surface area contributed by atoms with Gasteiger partial charge in [-0.2, -0.15) is 0 Å². The molecule has 8 nitrogen and oxygen atoms in total. The molecule has 0 bridgehead atoms. The fourth-order valence-corrected chi connectivity index (χ4v) is 3.08. The van der Waals surface area contributed by atoms with Crippen molar-refractivity contribution in [3.63, 3.8) is 0 Å². The lowest BCUT2D eigenvalue weighted by molar-refractivity contribution is -0.384. The summed E-state index contributed by atoms with van der Waals surface area (Å²) < 4.78 is 10.1. The zero-order valence-electron chi connectivity index (χ0n) is 15.8. The average molecular weight is 384 g/mol. The van der Waals surface area contributed by atoms with Crippen molar-refractivity contribution in [2.45, 2.75) is 26.2 Å². The van der Waals surface area contributed by atoms with E-state index in [4.69, 9.17) is 15.9 Å². The molecule has 146 valence electrons. The number of hydrogen-bond donors (Lipinski definition) is 1. The normalized spacial score (nSPS) is 16.1. The van der Waals surface area contributed by atoms with Crippen molar-refractivity contribution >= 4 is 17.6 Å². The summed E-state index contributed by atoms with van der Waals surface area (Å²) in [5.74, 6) is 0.182. The number of non-ortho nitro benzene ring substituents is 1. The lowest BCUT2D eigenvalue weighted by Gasteiger charge is -2.30. The van der Waals surface area contributed by atoms with Crippen LogP contribution in [-0.2, 0) is 19.1 Å². The second kappa shape index (κ2) is 8.86. The number of esters is 2. The first-order chi connectivity index (χ1) is 13.3. The van der Waals surface area contributed by atoms with Gasteiger partial charge in [-0.25, -0.2) is 9.59 Å². The van der Waals surface area contributed by atoms with E-state index in [1.165, 1.54) is 25.3 Å². The maximum Gasteiger partial charge on any atom is 0.336 e. The fraction of sp³-hybridized carbons (Fsp3) is 0.300.